The Morgan fingerprint density at radius 1 is 1.35 bits per heavy atom. The lowest BCUT2D eigenvalue weighted by atomic mass is 10.2. The topological polar surface area (TPSA) is 125 Å². The zero-order valence-corrected chi connectivity index (χ0v) is 10.9. The van der Waals surface area contributed by atoms with E-state index < -0.39 is 6.10 Å². The molecule has 0 unspecified atom stereocenters. The summed E-state index contributed by atoms with van der Waals surface area (Å²) < 4.78 is 0. The van der Waals surface area contributed by atoms with Crippen molar-refractivity contribution in [2.75, 3.05) is 26.3 Å². The summed E-state index contributed by atoms with van der Waals surface area (Å²) in [5.74, 6) is 0. The van der Waals surface area contributed by atoms with Gasteiger partial charge in [-0.3, -0.25) is 9.69 Å². The number of rotatable bonds is 7. The van der Waals surface area contributed by atoms with E-state index in [1.54, 1.807) is 11.1 Å². The number of nitrogens with one attached hydrogen (secondary N) is 2. The van der Waals surface area contributed by atoms with Crippen LogP contribution in [0.15, 0.2) is 17.3 Å². The third kappa shape index (κ3) is 3.23. The predicted molar refractivity (Wildman–Crippen MR) is 72.2 cm³/mol. The van der Waals surface area contributed by atoms with Gasteiger partial charge in [-0.15, -0.1) is 0 Å². The standard InChI is InChI=1S/C12H18N4O4/c17-2-1-16(5-9(19)6-18)4-8-3-13-11-10(8)14-7-15-12(11)20/h3,7,9,13,17-19H,1-2,4-6H2,(H,14,15,20)/t9-/m0/s1. The number of nitrogens with zero attached hydrogens (tertiary/aromatic N) is 2. The van der Waals surface area contributed by atoms with Gasteiger partial charge in [0.2, 0.25) is 0 Å². The molecule has 8 heteroatoms. The number of hydrogen-bond acceptors (Lipinski definition) is 6. The minimum absolute atomic E-state index is 0.0610. The lowest BCUT2D eigenvalue weighted by Crippen LogP contribution is -2.35. The van der Waals surface area contributed by atoms with Crippen LogP contribution < -0.4 is 5.56 Å². The van der Waals surface area contributed by atoms with E-state index in [1.165, 1.54) is 6.33 Å². The van der Waals surface area contributed by atoms with Crippen molar-refractivity contribution in [2.24, 2.45) is 0 Å². The Hall–Kier alpha value is -1.74. The van der Waals surface area contributed by atoms with Crippen LogP contribution in [0.1, 0.15) is 5.56 Å². The highest BCUT2D eigenvalue weighted by Crippen LogP contribution is 2.14. The molecule has 0 saturated heterocycles. The van der Waals surface area contributed by atoms with Crippen LogP contribution in [-0.2, 0) is 6.54 Å². The molecule has 5 N–H and O–H groups in total. The molecule has 2 heterocycles. The summed E-state index contributed by atoms with van der Waals surface area (Å²) in [6, 6.07) is 0. The second-order valence-corrected chi connectivity index (χ2v) is 4.56. The van der Waals surface area contributed by atoms with E-state index in [0.29, 0.717) is 24.1 Å². The summed E-state index contributed by atoms with van der Waals surface area (Å²) in [7, 11) is 0. The number of hydrogen-bond donors (Lipinski definition) is 5. The van der Waals surface area contributed by atoms with E-state index >= 15 is 0 Å². The molecule has 110 valence electrons. The number of aromatic nitrogens is 3. The zero-order valence-electron chi connectivity index (χ0n) is 10.9. The Balaban J connectivity index is 2.20. The molecule has 0 aliphatic rings. The second-order valence-electron chi connectivity index (χ2n) is 4.56. The van der Waals surface area contributed by atoms with Gasteiger partial charge < -0.3 is 25.3 Å². The number of H-pyrrole nitrogens is 2. The predicted octanol–water partition coefficient (Wildman–Crippen LogP) is -1.60. The van der Waals surface area contributed by atoms with Crippen LogP contribution in [0, 0.1) is 0 Å². The molecule has 0 saturated carbocycles. The average Bonchev–Trinajstić information content (AvgIpc) is 2.83. The Morgan fingerprint density at radius 3 is 2.85 bits per heavy atom. The molecule has 8 nitrogen and oxygen atoms in total. The molecular formula is C12H18N4O4. The normalized spacial score (nSPS) is 13.2. The summed E-state index contributed by atoms with van der Waals surface area (Å²) in [5, 5.41) is 27.4. The maximum Gasteiger partial charge on any atom is 0.275 e. The molecule has 0 aromatic carbocycles. The van der Waals surface area contributed by atoms with Crippen LogP contribution in [0.4, 0.5) is 0 Å². The maximum atomic E-state index is 11.6. The number of fused-ring (bicyclic) bond motifs is 1. The first kappa shape index (κ1) is 14.7. The largest absolute Gasteiger partial charge is 0.395 e. The van der Waals surface area contributed by atoms with E-state index in [0.717, 1.165) is 5.56 Å². The monoisotopic (exact) mass is 282 g/mol. The molecule has 2 aromatic rings. The van der Waals surface area contributed by atoms with Crippen molar-refractivity contribution in [1.82, 2.24) is 19.9 Å². The van der Waals surface area contributed by atoms with Crippen LogP contribution in [0.2, 0.25) is 0 Å². The van der Waals surface area contributed by atoms with Gasteiger partial charge in [0.05, 0.1) is 31.2 Å². The fourth-order valence-corrected chi connectivity index (χ4v) is 2.10. The fourth-order valence-electron chi connectivity index (χ4n) is 2.10. The molecular weight excluding hydrogens is 264 g/mol. The summed E-state index contributed by atoms with van der Waals surface area (Å²) in [6.07, 6.45) is 2.15. The van der Waals surface area contributed by atoms with Gasteiger partial charge in [-0.05, 0) is 0 Å². The number of aromatic amines is 2. The van der Waals surface area contributed by atoms with Crippen molar-refractivity contribution < 1.29 is 15.3 Å². The molecule has 2 aromatic heterocycles. The van der Waals surface area contributed by atoms with E-state index in [4.69, 9.17) is 10.2 Å². The molecule has 0 amide bonds. The van der Waals surface area contributed by atoms with Crippen molar-refractivity contribution in [3.63, 3.8) is 0 Å². The van der Waals surface area contributed by atoms with Crippen LogP contribution in [0.3, 0.4) is 0 Å². The second kappa shape index (κ2) is 6.62. The van der Waals surface area contributed by atoms with Gasteiger partial charge in [0, 0.05) is 31.4 Å². The van der Waals surface area contributed by atoms with E-state index in [2.05, 4.69) is 15.0 Å². The minimum Gasteiger partial charge on any atom is -0.395 e. The smallest absolute Gasteiger partial charge is 0.275 e. The minimum atomic E-state index is -0.872. The summed E-state index contributed by atoms with van der Waals surface area (Å²) in [6.45, 7) is 0.593. The molecule has 0 radical (unpaired) electrons. The average molecular weight is 282 g/mol. The van der Waals surface area contributed by atoms with Crippen molar-refractivity contribution >= 4 is 11.0 Å². The first-order valence-electron chi connectivity index (χ1n) is 6.31. The Kier molecular flexibility index (Phi) is 4.85. The van der Waals surface area contributed by atoms with Crippen molar-refractivity contribution in [1.29, 1.82) is 0 Å². The van der Waals surface area contributed by atoms with Gasteiger partial charge >= 0.3 is 0 Å². The van der Waals surface area contributed by atoms with Crippen LogP contribution >= 0.6 is 0 Å². The Bertz CT molecular complexity index is 609. The van der Waals surface area contributed by atoms with E-state index in [1.807, 2.05) is 0 Å². The van der Waals surface area contributed by atoms with Gasteiger partial charge in [0.1, 0.15) is 5.52 Å². The molecule has 0 fully saturated rings. The van der Waals surface area contributed by atoms with Gasteiger partial charge in [0.25, 0.3) is 5.56 Å². The van der Waals surface area contributed by atoms with Gasteiger partial charge in [-0.1, -0.05) is 0 Å². The van der Waals surface area contributed by atoms with Crippen molar-refractivity contribution in [3.05, 3.63) is 28.4 Å². The fraction of sp³-hybridized carbons (Fsp3) is 0.500. The van der Waals surface area contributed by atoms with Gasteiger partial charge in [-0.2, -0.15) is 0 Å². The third-order valence-electron chi connectivity index (χ3n) is 3.04. The summed E-state index contributed by atoms with van der Waals surface area (Å²) in [4.78, 5) is 22.8. The number of aliphatic hydroxyl groups excluding tert-OH is 3. The van der Waals surface area contributed by atoms with Gasteiger partial charge in [-0.25, -0.2) is 4.98 Å². The quantitative estimate of drug-likeness (QED) is 0.416. The highest BCUT2D eigenvalue weighted by Gasteiger charge is 2.14. The summed E-state index contributed by atoms with van der Waals surface area (Å²) >= 11 is 0. The zero-order chi connectivity index (χ0) is 14.5. The molecule has 20 heavy (non-hydrogen) atoms. The maximum absolute atomic E-state index is 11.6. The Morgan fingerprint density at radius 2 is 2.15 bits per heavy atom. The first-order chi connectivity index (χ1) is 9.65. The van der Waals surface area contributed by atoms with E-state index in [-0.39, 0.29) is 25.3 Å². The van der Waals surface area contributed by atoms with Crippen LogP contribution in [0.25, 0.3) is 11.0 Å². The number of aliphatic hydroxyl groups is 3. The first-order valence-corrected chi connectivity index (χ1v) is 6.31. The molecule has 2 rings (SSSR count). The molecule has 0 aliphatic carbocycles. The summed E-state index contributed by atoms with van der Waals surface area (Å²) in [5.41, 5.74) is 1.51. The molecule has 1 atom stereocenters. The van der Waals surface area contributed by atoms with Crippen molar-refractivity contribution in [3.8, 4) is 0 Å². The molecule has 0 bridgehead atoms. The highest BCUT2D eigenvalue weighted by atomic mass is 16.3. The Labute approximate surface area is 114 Å². The van der Waals surface area contributed by atoms with Gasteiger partial charge in [0.15, 0.2) is 0 Å². The lowest BCUT2D eigenvalue weighted by molar-refractivity contribution is 0.0511. The lowest BCUT2D eigenvalue weighted by Gasteiger charge is -2.23. The third-order valence-corrected chi connectivity index (χ3v) is 3.04. The van der Waals surface area contributed by atoms with E-state index in [9.17, 15) is 9.90 Å². The van der Waals surface area contributed by atoms with Crippen LogP contribution in [-0.4, -0.2) is 67.6 Å². The SMILES string of the molecule is O=c1[nH]cnc2c(CN(CCO)C[C@H](O)CO)c[nH]c12. The molecule has 0 aliphatic heterocycles. The van der Waals surface area contributed by atoms with Crippen LogP contribution in [0.5, 0.6) is 0 Å². The van der Waals surface area contributed by atoms with Crippen molar-refractivity contribution in [2.45, 2.75) is 12.6 Å². The molecule has 0 spiro atoms. The highest BCUT2D eigenvalue weighted by molar-refractivity contribution is 5.77.